The van der Waals surface area contributed by atoms with Crippen molar-refractivity contribution in [3.63, 3.8) is 0 Å². The van der Waals surface area contributed by atoms with Crippen LogP contribution in [0.25, 0.3) is 5.65 Å². The number of halogens is 1. The van der Waals surface area contributed by atoms with E-state index in [0.29, 0.717) is 24.8 Å². The first kappa shape index (κ1) is 12.3. The van der Waals surface area contributed by atoms with Gasteiger partial charge in [-0.05, 0) is 12.1 Å². The molecule has 0 aliphatic carbocycles. The van der Waals surface area contributed by atoms with Gasteiger partial charge in [-0.1, -0.05) is 11.6 Å². The number of imidazole rings is 1. The van der Waals surface area contributed by atoms with E-state index < -0.39 is 0 Å². The van der Waals surface area contributed by atoms with Crippen LogP contribution in [0.15, 0.2) is 24.5 Å². The first-order chi connectivity index (χ1) is 8.29. The highest BCUT2D eigenvalue weighted by Gasteiger charge is 2.01. The van der Waals surface area contributed by atoms with Crippen LogP contribution in [0.3, 0.4) is 0 Å². The number of methoxy groups -OCH3 is 1. The summed E-state index contributed by atoms with van der Waals surface area (Å²) in [4.78, 5) is 9.55. The summed E-state index contributed by atoms with van der Waals surface area (Å²) >= 11 is 5.89. The van der Waals surface area contributed by atoms with Crippen LogP contribution in [0, 0.1) is 0 Å². The number of nitrogens with one attached hydrogen (secondary N) is 1. The average Bonchev–Trinajstić information content (AvgIpc) is 2.70. The molecule has 2 heterocycles. The molecule has 0 aliphatic heterocycles. The fourth-order valence-electron chi connectivity index (χ4n) is 1.42. The molecule has 0 spiro atoms. The van der Waals surface area contributed by atoms with Crippen LogP contribution in [-0.4, -0.2) is 29.7 Å². The second-order valence-electron chi connectivity index (χ2n) is 3.51. The maximum atomic E-state index is 5.89. The first-order valence-corrected chi connectivity index (χ1v) is 5.64. The molecule has 0 atom stereocenters. The molecule has 92 valence electrons. The Kier molecular flexibility index (Phi) is 4.33. The molecule has 0 saturated heterocycles. The highest BCUT2D eigenvalue weighted by atomic mass is 35.5. The summed E-state index contributed by atoms with van der Waals surface area (Å²) < 4.78 is 6.74. The first-order valence-electron chi connectivity index (χ1n) is 5.26. The molecule has 6 heteroatoms. The molecule has 0 aromatic carbocycles. The number of fused-ring (bicyclic) bond motifs is 1. The van der Waals surface area contributed by atoms with Gasteiger partial charge < -0.3 is 9.14 Å². The SMILES string of the molecule is COCCONCc1cn2cc(Cl)ccc2n1. The van der Waals surface area contributed by atoms with Gasteiger partial charge in [-0.25, -0.2) is 4.98 Å². The molecule has 0 unspecified atom stereocenters. The monoisotopic (exact) mass is 255 g/mol. The topological polar surface area (TPSA) is 47.8 Å². The number of aromatic nitrogens is 2. The molecule has 17 heavy (non-hydrogen) atoms. The third kappa shape index (κ3) is 3.41. The van der Waals surface area contributed by atoms with Crippen molar-refractivity contribution in [3.8, 4) is 0 Å². The van der Waals surface area contributed by atoms with Gasteiger partial charge in [0.1, 0.15) is 5.65 Å². The van der Waals surface area contributed by atoms with Gasteiger partial charge in [-0.15, -0.1) is 0 Å². The lowest BCUT2D eigenvalue weighted by Crippen LogP contribution is -2.17. The minimum absolute atomic E-state index is 0.510. The number of hydroxylamine groups is 1. The number of pyridine rings is 1. The van der Waals surface area contributed by atoms with E-state index in [1.807, 2.05) is 28.9 Å². The van der Waals surface area contributed by atoms with Crippen molar-refractivity contribution in [1.82, 2.24) is 14.9 Å². The van der Waals surface area contributed by atoms with Gasteiger partial charge in [-0.2, -0.15) is 5.48 Å². The quantitative estimate of drug-likeness (QED) is 0.630. The Morgan fingerprint density at radius 3 is 3.06 bits per heavy atom. The van der Waals surface area contributed by atoms with Crippen LogP contribution in [0.1, 0.15) is 5.69 Å². The maximum Gasteiger partial charge on any atom is 0.137 e. The van der Waals surface area contributed by atoms with E-state index in [1.54, 1.807) is 7.11 Å². The summed E-state index contributed by atoms with van der Waals surface area (Å²) in [6.45, 7) is 1.62. The molecule has 0 fully saturated rings. The number of hydrogen-bond acceptors (Lipinski definition) is 4. The molecule has 2 aromatic heterocycles. The van der Waals surface area contributed by atoms with E-state index in [2.05, 4.69) is 10.5 Å². The maximum absolute atomic E-state index is 5.89. The van der Waals surface area contributed by atoms with E-state index in [-0.39, 0.29) is 0 Å². The van der Waals surface area contributed by atoms with Crippen molar-refractivity contribution in [3.05, 3.63) is 35.2 Å². The Morgan fingerprint density at radius 2 is 2.24 bits per heavy atom. The highest BCUT2D eigenvalue weighted by molar-refractivity contribution is 6.30. The van der Waals surface area contributed by atoms with Crippen LogP contribution in [0.5, 0.6) is 0 Å². The van der Waals surface area contributed by atoms with E-state index in [1.165, 1.54) is 0 Å². The van der Waals surface area contributed by atoms with E-state index in [0.717, 1.165) is 11.3 Å². The molecular formula is C11H14ClN3O2. The summed E-state index contributed by atoms with van der Waals surface area (Å²) in [6, 6.07) is 3.69. The van der Waals surface area contributed by atoms with Gasteiger partial charge in [0, 0.05) is 19.5 Å². The summed E-state index contributed by atoms with van der Waals surface area (Å²) in [7, 11) is 1.63. The van der Waals surface area contributed by atoms with Crippen molar-refractivity contribution >= 4 is 17.2 Å². The van der Waals surface area contributed by atoms with Crippen LogP contribution in [-0.2, 0) is 16.1 Å². The molecule has 0 amide bonds. The highest BCUT2D eigenvalue weighted by Crippen LogP contribution is 2.11. The Balaban J connectivity index is 1.91. The summed E-state index contributed by atoms with van der Waals surface area (Å²) in [6.07, 6.45) is 3.73. The zero-order valence-electron chi connectivity index (χ0n) is 9.52. The molecule has 0 saturated carbocycles. The Labute approximate surface area is 104 Å². The number of ether oxygens (including phenoxy) is 1. The lowest BCUT2D eigenvalue weighted by atomic mass is 10.5. The largest absolute Gasteiger partial charge is 0.382 e. The molecular weight excluding hydrogens is 242 g/mol. The standard InChI is InChI=1S/C11H14ClN3O2/c1-16-4-5-17-13-6-10-8-15-7-9(12)2-3-11(15)14-10/h2-3,7-8,13H,4-6H2,1H3. The summed E-state index contributed by atoms with van der Waals surface area (Å²) in [5.74, 6) is 0. The minimum atomic E-state index is 0.510. The smallest absolute Gasteiger partial charge is 0.137 e. The lowest BCUT2D eigenvalue weighted by Gasteiger charge is -2.02. The Morgan fingerprint density at radius 1 is 1.35 bits per heavy atom. The predicted molar refractivity (Wildman–Crippen MR) is 64.9 cm³/mol. The third-order valence-corrected chi connectivity index (χ3v) is 2.43. The zero-order valence-corrected chi connectivity index (χ0v) is 10.3. The summed E-state index contributed by atoms with van der Waals surface area (Å²) in [5, 5.41) is 0.686. The molecule has 0 bridgehead atoms. The molecule has 2 aromatic rings. The second-order valence-corrected chi connectivity index (χ2v) is 3.94. The molecule has 5 nitrogen and oxygen atoms in total. The van der Waals surface area contributed by atoms with Gasteiger partial charge in [0.2, 0.25) is 0 Å². The van der Waals surface area contributed by atoms with E-state index in [9.17, 15) is 0 Å². The Hall–Kier alpha value is -1.14. The van der Waals surface area contributed by atoms with Gasteiger partial charge in [0.25, 0.3) is 0 Å². The van der Waals surface area contributed by atoms with Crippen molar-refractivity contribution in [1.29, 1.82) is 0 Å². The van der Waals surface area contributed by atoms with Crippen molar-refractivity contribution in [2.24, 2.45) is 0 Å². The zero-order chi connectivity index (χ0) is 12.1. The molecule has 0 aliphatic rings. The van der Waals surface area contributed by atoms with E-state index in [4.69, 9.17) is 21.2 Å². The average molecular weight is 256 g/mol. The summed E-state index contributed by atoms with van der Waals surface area (Å²) in [5.41, 5.74) is 4.58. The number of hydrogen-bond donors (Lipinski definition) is 1. The number of nitrogens with zero attached hydrogens (tertiary/aromatic N) is 2. The fraction of sp³-hybridized carbons (Fsp3) is 0.364. The molecule has 1 N–H and O–H groups in total. The normalized spacial score (nSPS) is 11.2. The second kappa shape index (κ2) is 5.97. The fourth-order valence-corrected chi connectivity index (χ4v) is 1.59. The van der Waals surface area contributed by atoms with Crippen molar-refractivity contribution in [2.75, 3.05) is 20.3 Å². The van der Waals surface area contributed by atoms with Crippen LogP contribution >= 0.6 is 11.6 Å². The van der Waals surface area contributed by atoms with Crippen LogP contribution < -0.4 is 5.48 Å². The van der Waals surface area contributed by atoms with Crippen molar-refractivity contribution < 1.29 is 9.57 Å². The van der Waals surface area contributed by atoms with Crippen LogP contribution in [0.4, 0.5) is 0 Å². The van der Waals surface area contributed by atoms with E-state index >= 15 is 0 Å². The number of rotatable bonds is 6. The minimum Gasteiger partial charge on any atom is -0.382 e. The Bertz CT molecular complexity index is 487. The molecule has 2 rings (SSSR count). The van der Waals surface area contributed by atoms with Gasteiger partial charge in [0.05, 0.1) is 30.5 Å². The van der Waals surface area contributed by atoms with Crippen LogP contribution in [0.2, 0.25) is 5.02 Å². The van der Waals surface area contributed by atoms with Gasteiger partial charge >= 0.3 is 0 Å². The third-order valence-electron chi connectivity index (χ3n) is 2.21. The van der Waals surface area contributed by atoms with Gasteiger partial charge in [-0.3, -0.25) is 4.84 Å². The van der Waals surface area contributed by atoms with Crippen molar-refractivity contribution in [2.45, 2.75) is 6.54 Å². The lowest BCUT2D eigenvalue weighted by molar-refractivity contribution is 0.00304. The van der Waals surface area contributed by atoms with Gasteiger partial charge in [0.15, 0.2) is 0 Å². The predicted octanol–water partition coefficient (Wildman–Crippen LogP) is 1.66. The molecule has 0 radical (unpaired) electrons.